The Morgan fingerprint density at radius 1 is 1.27 bits per heavy atom. The van der Waals surface area contributed by atoms with E-state index in [2.05, 4.69) is 4.99 Å². The van der Waals surface area contributed by atoms with Crippen LogP contribution < -0.4 is 0 Å². The fourth-order valence-corrected chi connectivity index (χ4v) is 3.33. The van der Waals surface area contributed by atoms with Gasteiger partial charge < -0.3 is 0 Å². The van der Waals surface area contributed by atoms with E-state index in [1.54, 1.807) is 12.1 Å². The highest BCUT2D eigenvalue weighted by molar-refractivity contribution is 8.14. The van der Waals surface area contributed by atoms with E-state index in [1.165, 1.54) is 16.7 Å². The number of halogens is 1. The first kappa shape index (κ1) is 17.0. The topological polar surface area (TPSA) is 49.7 Å². The lowest BCUT2D eigenvalue weighted by Crippen LogP contribution is -2.49. The molecule has 0 aromatic heterocycles. The van der Waals surface area contributed by atoms with Crippen LogP contribution in [0.15, 0.2) is 29.3 Å². The van der Waals surface area contributed by atoms with Crippen LogP contribution in [0, 0.1) is 5.92 Å². The summed E-state index contributed by atoms with van der Waals surface area (Å²) in [4.78, 5) is 30.2. The van der Waals surface area contributed by atoms with Crippen LogP contribution in [0.25, 0.3) is 0 Å². The highest BCUT2D eigenvalue weighted by Gasteiger charge is 2.38. The first-order valence-corrected chi connectivity index (χ1v) is 8.63. The minimum atomic E-state index is -0.455. The van der Waals surface area contributed by atoms with E-state index in [4.69, 9.17) is 11.6 Å². The number of hydrogen-bond donors (Lipinski definition) is 0. The summed E-state index contributed by atoms with van der Waals surface area (Å²) in [5.41, 5.74) is 1.00. The van der Waals surface area contributed by atoms with Crippen molar-refractivity contribution in [1.29, 1.82) is 0 Å². The molecule has 1 aliphatic heterocycles. The number of amides is 3. The van der Waals surface area contributed by atoms with Crippen molar-refractivity contribution in [3.05, 3.63) is 34.9 Å². The Morgan fingerprint density at radius 2 is 1.91 bits per heavy atom. The second kappa shape index (κ2) is 7.29. The Labute approximate surface area is 139 Å². The third kappa shape index (κ3) is 3.70. The molecule has 1 aromatic carbocycles. The van der Waals surface area contributed by atoms with Crippen molar-refractivity contribution >= 4 is 40.3 Å². The van der Waals surface area contributed by atoms with Gasteiger partial charge >= 0.3 is 6.03 Å². The highest BCUT2D eigenvalue weighted by atomic mass is 35.5. The number of rotatable bonds is 4. The van der Waals surface area contributed by atoms with Crippen molar-refractivity contribution in [2.75, 3.05) is 5.75 Å². The molecule has 1 atom stereocenters. The quantitative estimate of drug-likeness (QED) is 0.833. The van der Waals surface area contributed by atoms with Crippen molar-refractivity contribution in [3.8, 4) is 0 Å². The van der Waals surface area contributed by atoms with Gasteiger partial charge in [0, 0.05) is 11.1 Å². The number of benzene rings is 1. The molecule has 0 saturated heterocycles. The Balaban J connectivity index is 2.31. The van der Waals surface area contributed by atoms with Gasteiger partial charge in [0.05, 0.1) is 11.0 Å². The lowest BCUT2D eigenvalue weighted by Gasteiger charge is -2.32. The van der Waals surface area contributed by atoms with Gasteiger partial charge in [-0.25, -0.2) is 4.79 Å². The van der Waals surface area contributed by atoms with E-state index < -0.39 is 11.9 Å². The van der Waals surface area contributed by atoms with Crippen molar-refractivity contribution in [2.24, 2.45) is 10.9 Å². The molecule has 0 fully saturated rings. The van der Waals surface area contributed by atoms with Gasteiger partial charge in [0.2, 0.25) is 5.91 Å². The zero-order chi connectivity index (χ0) is 16.3. The summed E-state index contributed by atoms with van der Waals surface area (Å²) in [5, 5.41) is 1.28. The summed E-state index contributed by atoms with van der Waals surface area (Å²) in [5.74, 6) is 0.213. The Hall–Kier alpha value is -1.33. The zero-order valence-electron chi connectivity index (χ0n) is 12.9. The first-order valence-electron chi connectivity index (χ1n) is 7.26. The van der Waals surface area contributed by atoms with E-state index in [9.17, 15) is 9.59 Å². The van der Waals surface area contributed by atoms with Crippen LogP contribution in [0.5, 0.6) is 0 Å². The first-order chi connectivity index (χ1) is 10.4. The average molecular weight is 339 g/mol. The summed E-state index contributed by atoms with van der Waals surface area (Å²) < 4.78 is 0. The summed E-state index contributed by atoms with van der Waals surface area (Å²) in [7, 11) is 0. The van der Waals surface area contributed by atoms with Crippen molar-refractivity contribution in [3.63, 3.8) is 0 Å². The fourth-order valence-electron chi connectivity index (χ4n) is 2.38. The number of aliphatic imine (C=N–C) groups is 1. The number of carbonyl (C=O) groups is 2. The maximum atomic E-state index is 12.7. The third-order valence-electron chi connectivity index (χ3n) is 3.41. The Morgan fingerprint density at radius 3 is 2.45 bits per heavy atom. The minimum Gasteiger partial charge on any atom is -0.274 e. The molecule has 1 heterocycles. The van der Waals surface area contributed by atoms with Gasteiger partial charge in [-0.3, -0.25) is 9.69 Å². The number of thioether (sulfide) groups is 1. The molecule has 0 radical (unpaired) electrons. The van der Waals surface area contributed by atoms with Crippen LogP contribution in [-0.2, 0) is 11.2 Å². The number of hydrogen-bond acceptors (Lipinski definition) is 3. The van der Waals surface area contributed by atoms with Crippen LogP contribution in [0.2, 0.25) is 5.02 Å². The lowest BCUT2D eigenvalue weighted by atomic mass is 9.97. The maximum Gasteiger partial charge on any atom is 0.351 e. The molecule has 6 heteroatoms. The van der Waals surface area contributed by atoms with Crippen molar-refractivity contribution in [1.82, 2.24) is 4.90 Å². The molecule has 1 aromatic rings. The van der Waals surface area contributed by atoms with Crippen molar-refractivity contribution in [2.45, 2.75) is 33.2 Å². The lowest BCUT2D eigenvalue weighted by molar-refractivity contribution is -0.131. The standard InChI is InChI=1S/C16H19ClN2O2S/c1-4-22-14-13(9-11-5-7-12(17)8-6-11)15(20)19(10(2)3)16(21)18-14/h5-8,10,13H,4,9H2,1-3H3. The van der Waals surface area contributed by atoms with E-state index in [0.29, 0.717) is 16.5 Å². The Bertz CT molecular complexity index is 599. The number of nitrogens with zero attached hydrogens (tertiary/aromatic N) is 2. The van der Waals surface area contributed by atoms with Gasteiger partial charge in [-0.05, 0) is 43.7 Å². The molecule has 22 heavy (non-hydrogen) atoms. The van der Waals surface area contributed by atoms with E-state index in [-0.39, 0.29) is 11.9 Å². The molecular formula is C16H19ClN2O2S. The molecule has 0 bridgehead atoms. The summed E-state index contributed by atoms with van der Waals surface area (Å²) >= 11 is 7.36. The molecule has 0 N–H and O–H groups in total. The van der Waals surface area contributed by atoms with Crippen LogP contribution in [-0.4, -0.2) is 33.7 Å². The number of urea groups is 1. The third-order valence-corrected chi connectivity index (χ3v) is 4.62. The van der Waals surface area contributed by atoms with Crippen LogP contribution >= 0.6 is 23.4 Å². The SMILES string of the molecule is CCSC1=NC(=O)N(C(C)C)C(=O)C1Cc1ccc(Cl)cc1. The summed E-state index contributed by atoms with van der Waals surface area (Å²) in [6.45, 7) is 5.63. The van der Waals surface area contributed by atoms with E-state index in [1.807, 2.05) is 32.9 Å². The monoisotopic (exact) mass is 338 g/mol. The van der Waals surface area contributed by atoms with Gasteiger partial charge in [0.25, 0.3) is 0 Å². The molecule has 1 unspecified atom stereocenters. The smallest absolute Gasteiger partial charge is 0.274 e. The second-order valence-electron chi connectivity index (χ2n) is 5.35. The largest absolute Gasteiger partial charge is 0.351 e. The number of carbonyl (C=O) groups excluding carboxylic acids is 2. The van der Waals surface area contributed by atoms with Crippen molar-refractivity contribution < 1.29 is 9.59 Å². The summed E-state index contributed by atoms with van der Waals surface area (Å²) in [6, 6.07) is 6.77. The number of imide groups is 1. The molecule has 1 aliphatic rings. The van der Waals surface area contributed by atoms with E-state index >= 15 is 0 Å². The molecule has 0 aliphatic carbocycles. The van der Waals surface area contributed by atoms with Crippen LogP contribution in [0.4, 0.5) is 4.79 Å². The van der Waals surface area contributed by atoms with Gasteiger partial charge in [-0.1, -0.05) is 30.7 Å². The molecular weight excluding hydrogens is 320 g/mol. The van der Waals surface area contributed by atoms with Crippen LogP contribution in [0.1, 0.15) is 26.3 Å². The molecule has 3 amide bonds. The molecule has 0 saturated carbocycles. The Kier molecular flexibility index (Phi) is 5.64. The maximum absolute atomic E-state index is 12.7. The van der Waals surface area contributed by atoms with Gasteiger partial charge in [-0.15, -0.1) is 11.8 Å². The van der Waals surface area contributed by atoms with Crippen LogP contribution in [0.3, 0.4) is 0 Å². The predicted octanol–water partition coefficient (Wildman–Crippen LogP) is 4.02. The van der Waals surface area contributed by atoms with E-state index in [0.717, 1.165) is 11.3 Å². The second-order valence-corrected chi connectivity index (χ2v) is 7.07. The molecule has 2 rings (SSSR count). The van der Waals surface area contributed by atoms with Gasteiger partial charge in [0.15, 0.2) is 0 Å². The summed E-state index contributed by atoms with van der Waals surface area (Å²) in [6.07, 6.45) is 0.526. The minimum absolute atomic E-state index is 0.166. The van der Waals surface area contributed by atoms with Gasteiger partial charge in [0.1, 0.15) is 0 Å². The normalized spacial score (nSPS) is 18.9. The van der Waals surface area contributed by atoms with Gasteiger partial charge in [-0.2, -0.15) is 4.99 Å². The molecule has 0 spiro atoms. The average Bonchev–Trinajstić information content (AvgIpc) is 2.45. The highest BCUT2D eigenvalue weighted by Crippen LogP contribution is 2.26. The molecule has 4 nitrogen and oxygen atoms in total. The molecule has 118 valence electrons. The predicted molar refractivity (Wildman–Crippen MR) is 91.6 cm³/mol. The fraction of sp³-hybridized carbons (Fsp3) is 0.438. The zero-order valence-corrected chi connectivity index (χ0v) is 14.4.